The smallest absolute Gasteiger partial charge is 0.253 e. The second kappa shape index (κ2) is 7.10. The van der Waals surface area contributed by atoms with E-state index in [1.807, 2.05) is 42.3 Å². The van der Waals surface area contributed by atoms with Crippen molar-refractivity contribution < 1.29 is 4.79 Å². The van der Waals surface area contributed by atoms with Gasteiger partial charge >= 0.3 is 0 Å². The number of amides is 1. The first kappa shape index (κ1) is 16.0. The topological polar surface area (TPSA) is 62.5 Å². The molecule has 1 saturated heterocycles. The van der Waals surface area contributed by atoms with Gasteiger partial charge in [-0.2, -0.15) is 0 Å². The standard InChI is InChI=1S/C17H22N4OS/c1-13-4-2-5-14(10-13)16(22)21-7-3-6-20(8-9-21)12-15-11-19-17(18)23-15/h2,4-5,10-11H,3,6-9,12H2,1H3,(H2,18,19). The Bertz CT molecular complexity index is 685. The van der Waals surface area contributed by atoms with Crippen LogP contribution in [0.4, 0.5) is 5.13 Å². The summed E-state index contributed by atoms with van der Waals surface area (Å²) in [5.41, 5.74) is 7.60. The Morgan fingerprint density at radius 1 is 1.30 bits per heavy atom. The zero-order valence-electron chi connectivity index (χ0n) is 13.4. The van der Waals surface area contributed by atoms with Gasteiger partial charge in [-0.3, -0.25) is 9.69 Å². The van der Waals surface area contributed by atoms with Crippen LogP contribution in [0, 0.1) is 6.92 Å². The van der Waals surface area contributed by atoms with Gasteiger partial charge in [-0.05, 0) is 25.5 Å². The third-order valence-corrected chi connectivity index (χ3v) is 4.90. The molecule has 122 valence electrons. The van der Waals surface area contributed by atoms with E-state index >= 15 is 0 Å². The number of carbonyl (C=O) groups excluding carboxylic acids is 1. The molecule has 0 spiro atoms. The number of nitrogens with two attached hydrogens (primary N) is 1. The van der Waals surface area contributed by atoms with Gasteiger partial charge in [0.2, 0.25) is 0 Å². The quantitative estimate of drug-likeness (QED) is 0.938. The molecule has 2 heterocycles. The fraction of sp³-hybridized carbons (Fsp3) is 0.412. The van der Waals surface area contributed by atoms with Crippen molar-refractivity contribution in [3.8, 4) is 0 Å². The first-order chi connectivity index (χ1) is 11.1. The van der Waals surface area contributed by atoms with E-state index in [1.165, 1.54) is 16.2 Å². The number of rotatable bonds is 3. The Morgan fingerprint density at radius 2 is 2.17 bits per heavy atom. The molecule has 1 aliphatic heterocycles. The Morgan fingerprint density at radius 3 is 2.91 bits per heavy atom. The number of nitrogens with zero attached hydrogens (tertiary/aromatic N) is 3. The molecule has 0 aliphatic carbocycles. The number of carbonyl (C=O) groups is 1. The van der Waals surface area contributed by atoms with E-state index in [2.05, 4.69) is 9.88 Å². The van der Waals surface area contributed by atoms with E-state index in [1.54, 1.807) is 0 Å². The third kappa shape index (κ3) is 4.09. The largest absolute Gasteiger partial charge is 0.375 e. The van der Waals surface area contributed by atoms with E-state index in [0.717, 1.165) is 50.3 Å². The number of nitrogen functional groups attached to an aromatic ring is 1. The summed E-state index contributed by atoms with van der Waals surface area (Å²) < 4.78 is 0. The van der Waals surface area contributed by atoms with Gasteiger partial charge < -0.3 is 10.6 Å². The van der Waals surface area contributed by atoms with Crippen molar-refractivity contribution in [1.29, 1.82) is 0 Å². The summed E-state index contributed by atoms with van der Waals surface area (Å²) in [6, 6.07) is 7.83. The van der Waals surface area contributed by atoms with Crippen molar-refractivity contribution >= 4 is 22.4 Å². The summed E-state index contributed by atoms with van der Waals surface area (Å²) >= 11 is 1.54. The summed E-state index contributed by atoms with van der Waals surface area (Å²) in [6.45, 7) is 6.34. The number of benzene rings is 1. The molecule has 1 amide bonds. The van der Waals surface area contributed by atoms with Crippen LogP contribution in [-0.4, -0.2) is 46.9 Å². The van der Waals surface area contributed by atoms with Crippen LogP contribution < -0.4 is 5.73 Å². The lowest BCUT2D eigenvalue weighted by molar-refractivity contribution is 0.0761. The molecular weight excluding hydrogens is 308 g/mol. The predicted molar refractivity (Wildman–Crippen MR) is 93.5 cm³/mol. The van der Waals surface area contributed by atoms with Crippen molar-refractivity contribution in [2.45, 2.75) is 19.9 Å². The number of anilines is 1. The lowest BCUT2D eigenvalue weighted by atomic mass is 10.1. The van der Waals surface area contributed by atoms with Gasteiger partial charge in [0, 0.05) is 49.4 Å². The van der Waals surface area contributed by atoms with Gasteiger partial charge in [-0.25, -0.2) is 4.98 Å². The zero-order chi connectivity index (χ0) is 16.2. The summed E-state index contributed by atoms with van der Waals surface area (Å²) in [7, 11) is 0. The number of hydrogen-bond donors (Lipinski definition) is 1. The van der Waals surface area contributed by atoms with Gasteiger partial charge in [-0.1, -0.05) is 17.7 Å². The van der Waals surface area contributed by atoms with E-state index in [4.69, 9.17) is 5.73 Å². The monoisotopic (exact) mass is 330 g/mol. The van der Waals surface area contributed by atoms with Gasteiger partial charge in [0.25, 0.3) is 5.91 Å². The lowest BCUT2D eigenvalue weighted by Crippen LogP contribution is -2.35. The van der Waals surface area contributed by atoms with Crippen LogP contribution in [0.5, 0.6) is 0 Å². The molecule has 0 radical (unpaired) electrons. The molecule has 23 heavy (non-hydrogen) atoms. The van der Waals surface area contributed by atoms with Gasteiger partial charge in [0.05, 0.1) is 0 Å². The SMILES string of the molecule is Cc1cccc(C(=O)N2CCCN(Cc3cnc(N)s3)CC2)c1. The highest BCUT2D eigenvalue weighted by molar-refractivity contribution is 7.15. The van der Waals surface area contributed by atoms with Gasteiger partial charge in [-0.15, -0.1) is 11.3 Å². The molecule has 6 heteroatoms. The molecule has 1 aromatic heterocycles. The minimum Gasteiger partial charge on any atom is -0.375 e. The molecular formula is C17H22N4OS. The molecule has 0 unspecified atom stereocenters. The van der Waals surface area contributed by atoms with Crippen LogP contribution in [0.25, 0.3) is 0 Å². The minimum atomic E-state index is 0.137. The second-order valence-electron chi connectivity index (χ2n) is 5.96. The Balaban J connectivity index is 1.60. The number of aryl methyl sites for hydroxylation is 1. The first-order valence-electron chi connectivity index (χ1n) is 7.90. The highest BCUT2D eigenvalue weighted by Gasteiger charge is 2.20. The maximum atomic E-state index is 12.7. The summed E-state index contributed by atoms with van der Waals surface area (Å²) in [6.07, 6.45) is 2.84. The molecule has 2 aromatic rings. The third-order valence-electron chi connectivity index (χ3n) is 4.09. The fourth-order valence-electron chi connectivity index (χ4n) is 2.91. The van der Waals surface area contributed by atoms with E-state index in [-0.39, 0.29) is 5.91 Å². The Kier molecular flexibility index (Phi) is 4.93. The maximum Gasteiger partial charge on any atom is 0.253 e. The molecule has 1 fully saturated rings. The average Bonchev–Trinajstić information content (AvgIpc) is 2.80. The molecule has 5 nitrogen and oxygen atoms in total. The Hall–Kier alpha value is -1.92. The van der Waals surface area contributed by atoms with Crippen LogP contribution in [-0.2, 0) is 6.54 Å². The molecule has 0 atom stereocenters. The van der Waals surface area contributed by atoms with Crippen molar-refractivity contribution in [2.24, 2.45) is 0 Å². The number of hydrogen-bond acceptors (Lipinski definition) is 5. The van der Waals surface area contributed by atoms with Crippen molar-refractivity contribution in [1.82, 2.24) is 14.8 Å². The predicted octanol–water partition coefficient (Wildman–Crippen LogP) is 2.38. The number of aromatic nitrogens is 1. The zero-order valence-corrected chi connectivity index (χ0v) is 14.2. The molecule has 3 rings (SSSR count). The van der Waals surface area contributed by atoms with Crippen LogP contribution in [0.15, 0.2) is 30.5 Å². The van der Waals surface area contributed by atoms with Crippen LogP contribution in [0.3, 0.4) is 0 Å². The van der Waals surface area contributed by atoms with Crippen molar-refractivity contribution in [2.75, 3.05) is 31.9 Å². The average molecular weight is 330 g/mol. The molecule has 2 N–H and O–H groups in total. The normalized spacial score (nSPS) is 16.3. The maximum absolute atomic E-state index is 12.7. The second-order valence-corrected chi connectivity index (χ2v) is 7.10. The van der Waals surface area contributed by atoms with Crippen LogP contribution in [0.1, 0.15) is 27.2 Å². The molecule has 1 aliphatic rings. The first-order valence-corrected chi connectivity index (χ1v) is 8.72. The summed E-state index contributed by atoms with van der Waals surface area (Å²) in [5.74, 6) is 0.137. The van der Waals surface area contributed by atoms with Gasteiger partial charge in [0.15, 0.2) is 5.13 Å². The Labute approximate surface area is 140 Å². The lowest BCUT2D eigenvalue weighted by Gasteiger charge is -2.21. The molecule has 0 saturated carbocycles. The molecule has 1 aromatic carbocycles. The van der Waals surface area contributed by atoms with E-state index in [0.29, 0.717) is 5.13 Å². The molecule has 0 bridgehead atoms. The van der Waals surface area contributed by atoms with Crippen molar-refractivity contribution in [3.63, 3.8) is 0 Å². The number of thiazole rings is 1. The fourth-order valence-corrected chi connectivity index (χ4v) is 3.64. The van der Waals surface area contributed by atoms with Crippen LogP contribution in [0.2, 0.25) is 0 Å². The van der Waals surface area contributed by atoms with E-state index < -0.39 is 0 Å². The summed E-state index contributed by atoms with van der Waals surface area (Å²) in [4.78, 5) is 22.3. The highest BCUT2D eigenvalue weighted by atomic mass is 32.1. The minimum absolute atomic E-state index is 0.137. The van der Waals surface area contributed by atoms with E-state index in [9.17, 15) is 4.79 Å². The van der Waals surface area contributed by atoms with Crippen molar-refractivity contribution in [3.05, 3.63) is 46.5 Å². The van der Waals surface area contributed by atoms with Gasteiger partial charge in [0.1, 0.15) is 0 Å². The summed E-state index contributed by atoms with van der Waals surface area (Å²) in [5, 5.41) is 0.617. The van der Waals surface area contributed by atoms with Crippen LogP contribution >= 0.6 is 11.3 Å². The highest BCUT2D eigenvalue weighted by Crippen LogP contribution is 2.18.